The normalized spacial score (nSPS) is 21.2. The molecule has 5 rings (SSSR count). The summed E-state index contributed by atoms with van der Waals surface area (Å²) in [5.74, 6) is 1.13. The molecule has 0 unspecified atom stereocenters. The second kappa shape index (κ2) is 8.46. The Hall–Kier alpha value is -2.48. The summed E-state index contributed by atoms with van der Waals surface area (Å²) in [7, 11) is 0. The van der Waals surface area contributed by atoms with E-state index in [1.54, 1.807) is 29.5 Å². The van der Waals surface area contributed by atoms with Gasteiger partial charge in [0.05, 0.1) is 12.0 Å². The standard InChI is InChI=1S/C24H30N4O3S/c1-24(2)15-19(29)18-14-17(8-9-20(18)31-24)22(30)27-10-12-28(13-11-27)23-26-25-21(32-23)16-6-4-3-5-7-16/h8-9,14,16H,3-7,10-13,15H2,1-2H3. The van der Waals surface area contributed by atoms with Gasteiger partial charge in [-0.1, -0.05) is 30.6 Å². The van der Waals surface area contributed by atoms with E-state index in [2.05, 4.69) is 15.1 Å². The van der Waals surface area contributed by atoms with Crippen LogP contribution < -0.4 is 9.64 Å². The lowest BCUT2D eigenvalue weighted by atomic mass is 9.90. The summed E-state index contributed by atoms with van der Waals surface area (Å²) in [5.41, 5.74) is 0.551. The summed E-state index contributed by atoms with van der Waals surface area (Å²) in [5, 5.41) is 11.1. The molecule has 1 amide bonds. The minimum absolute atomic E-state index is 0.0285. The smallest absolute Gasteiger partial charge is 0.254 e. The van der Waals surface area contributed by atoms with Gasteiger partial charge in [0.2, 0.25) is 5.13 Å². The molecule has 0 N–H and O–H groups in total. The fraction of sp³-hybridized carbons (Fsp3) is 0.583. The molecule has 0 atom stereocenters. The Balaban J connectivity index is 1.22. The molecule has 1 aromatic carbocycles. The van der Waals surface area contributed by atoms with Gasteiger partial charge in [0.1, 0.15) is 16.4 Å². The highest BCUT2D eigenvalue weighted by Gasteiger charge is 2.33. The average molecular weight is 455 g/mol. The van der Waals surface area contributed by atoms with Crippen LogP contribution in [0.4, 0.5) is 5.13 Å². The predicted molar refractivity (Wildman–Crippen MR) is 124 cm³/mol. The lowest BCUT2D eigenvalue weighted by molar-refractivity contribution is 0.0619. The van der Waals surface area contributed by atoms with Crippen molar-refractivity contribution in [2.24, 2.45) is 0 Å². The van der Waals surface area contributed by atoms with E-state index in [1.165, 1.54) is 37.1 Å². The third-order valence-corrected chi connectivity index (χ3v) is 7.87. The number of ketones is 1. The van der Waals surface area contributed by atoms with Crippen LogP contribution in [0.15, 0.2) is 18.2 Å². The number of amides is 1. The number of hydrogen-bond acceptors (Lipinski definition) is 7. The maximum atomic E-state index is 13.1. The summed E-state index contributed by atoms with van der Waals surface area (Å²) in [6.45, 7) is 6.56. The molecule has 2 aliphatic heterocycles. The van der Waals surface area contributed by atoms with Crippen LogP contribution in [-0.4, -0.2) is 58.6 Å². The number of anilines is 1. The van der Waals surface area contributed by atoms with Crippen molar-refractivity contribution in [3.63, 3.8) is 0 Å². The number of fused-ring (bicyclic) bond motifs is 1. The maximum Gasteiger partial charge on any atom is 0.254 e. The van der Waals surface area contributed by atoms with Crippen LogP contribution in [0.3, 0.4) is 0 Å². The van der Waals surface area contributed by atoms with Crippen LogP contribution in [0, 0.1) is 0 Å². The summed E-state index contributed by atoms with van der Waals surface area (Å²) < 4.78 is 5.91. The van der Waals surface area contributed by atoms with Gasteiger partial charge >= 0.3 is 0 Å². The second-order valence-electron chi connectivity index (χ2n) is 9.71. The van der Waals surface area contributed by atoms with Gasteiger partial charge in [0.15, 0.2) is 5.78 Å². The maximum absolute atomic E-state index is 13.1. The number of Topliss-reactive ketones (excluding diaryl/α,β-unsaturated/α-hetero) is 1. The molecule has 170 valence electrons. The molecule has 0 radical (unpaired) electrons. The van der Waals surface area contributed by atoms with Gasteiger partial charge in [-0.3, -0.25) is 9.59 Å². The van der Waals surface area contributed by atoms with Crippen LogP contribution in [0.1, 0.15) is 84.0 Å². The number of carbonyl (C=O) groups excluding carboxylic acids is 2. The first kappa shape index (κ1) is 21.4. The van der Waals surface area contributed by atoms with E-state index in [-0.39, 0.29) is 11.7 Å². The minimum atomic E-state index is -0.506. The van der Waals surface area contributed by atoms with Crippen molar-refractivity contribution in [3.05, 3.63) is 34.3 Å². The molecule has 1 saturated heterocycles. The van der Waals surface area contributed by atoms with Crippen LogP contribution in [0.5, 0.6) is 5.75 Å². The van der Waals surface area contributed by atoms with Gasteiger partial charge in [0.25, 0.3) is 5.91 Å². The van der Waals surface area contributed by atoms with E-state index in [4.69, 9.17) is 4.74 Å². The Morgan fingerprint density at radius 3 is 2.59 bits per heavy atom. The number of piperazine rings is 1. The molecule has 8 heteroatoms. The first-order valence-electron chi connectivity index (χ1n) is 11.6. The molecule has 3 aliphatic rings. The molecular formula is C24H30N4O3S. The van der Waals surface area contributed by atoms with Crippen molar-refractivity contribution in [1.29, 1.82) is 0 Å². The van der Waals surface area contributed by atoms with Gasteiger partial charge in [-0.25, -0.2) is 0 Å². The number of rotatable bonds is 3. The first-order chi connectivity index (χ1) is 15.4. The number of nitrogens with zero attached hydrogens (tertiary/aromatic N) is 4. The molecule has 3 heterocycles. The van der Waals surface area contributed by atoms with Crippen molar-refractivity contribution >= 4 is 28.2 Å². The van der Waals surface area contributed by atoms with E-state index in [1.807, 2.05) is 18.7 Å². The molecule has 1 aromatic heterocycles. The summed E-state index contributed by atoms with van der Waals surface area (Å²) in [4.78, 5) is 29.7. The lowest BCUT2D eigenvalue weighted by Gasteiger charge is -2.35. The van der Waals surface area contributed by atoms with Crippen molar-refractivity contribution in [2.75, 3.05) is 31.1 Å². The molecule has 1 aliphatic carbocycles. The fourth-order valence-electron chi connectivity index (χ4n) is 4.94. The molecular weight excluding hydrogens is 424 g/mol. The average Bonchev–Trinajstić information content (AvgIpc) is 3.29. The summed E-state index contributed by atoms with van der Waals surface area (Å²) in [6.07, 6.45) is 6.69. The number of hydrogen-bond donors (Lipinski definition) is 0. The highest BCUT2D eigenvalue weighted by atomic mass is 32.1. The topological polar surface area (TPSA) is 75.6 Å². The third kappa shape index (κ3) is 4.25. The van der Waals surface area contributed by atoms with E-state index >= 15 is 0 Å². The Labute approximate surface area is 192 Å². The van der Waals surface area contributed by atoms with Crippen molar-refractivity contribution in [2.45, 2.75) is 63.9 Å². The van der Waals surface area contributed by atoms with Crippen LogP contribution in [0.2, 0.25) is 0 Å². The zero-order chi connectivity index (χ0) is 22.3. The molecule has 0 spiro atoms. The van der Waals surface area contributed by atoms with E-state index in [0.29, 0.717) is 42.3 Å². The van der Waals surface area contributed by atoms with Gasteiger partial charge < -0.3 is 14.5 Å². The monoisotopic (exact) mass is 454 g/mol. The zero-order valence-corrected chi connectivity index (χ0v) is 19.6. The Morgan fingerprint density at radius 1 is 1.09 bits per heavy atom. The van der Waals surface area contributed by atoms with Crippen molar-refractivity contribution < 1.29 is 14.3 Å². The van der Waals surface area contributed by atoms with Crippen molar-refractivity contribution in [1.82, 2.24) is 15.1 Å². The van der Waals surface area contributed by atoms with Crippen molar-refractivity contribution in [3.8, 4) is 5.75 Å². The number of ether oxygens (including phenoxy) is 1. The predicted octanol–water partition coefficient (Wildman–Crippen LogP) is 4.29. The molecule has 2 aromatic rings. The summed E-state index contributed by atoms with van der Waals surface area (Å²) >= 11 is 1.72. The lowest BCUT2D eigenvalue weighted by Crippen LogP contribution is -2.48. The molecule has 7 nitrogen and oxygen atoms in total. The highest BCUT2D eigenvalue weighted by Crippen LogP contribution is 2.36. The quantitative estimate of drug-likeness (QED) is 0.689. The van der Waals surface area contributed by atoms with E-state index in [9.17, 15) is 9.59 Å². The van der Waals surface area contributed by atoms with Gasteiger partial charge in [-0.2, -0.15) is 0 Å². The third-order valence-electron chi connectivity index (χ3n) is 6.72. The van der Waals surface area contributed by atoms with Crippen LogP contribution in [0.25, 0.3) is 0 Å². The SMILES string of the molecule is CC1(C)CC(=O)c2cc(C(=O)N3CCN(c4nnc(C5CCCCC5)s4)CC3)ccc2O1. The summed E-state index contributed by atoms with van der Waals surface area (Å²) in [6, 6.07) is 5.22. The largest absolute Gasteiger partial charge is 0.487 e. The number of benzene rings is 1. The fourth-order valence-corrected chi connectivity index (χ4v) is 6.00. The first-order valence-corrected chi connectivity index (χ1v) is 12.5. The van der Waals surface area contributed by atoms with Gasteiger partial charge in [-0.05, 0) is 44.9 Å². The number of aromatic nitrogens is 2. The molecule has 32 heavy (non-hydrogen) atoms. The van der Waals surface area contributed by atoms with Crippen LogP contribution >= 0.6 is 11.3 Å². The van der Waals surface area contributed by atoms with Crippen LogP contribution in [-0.2, 0) is 0 Å². The zero-order valence-electron chi connectivity index (χ0n) is 18.8. The molecule has 2 fully saturated rings. The highest BCUT2D eigenvalue weighted by molar-refractivity contribution is 7.15. The van der Waals surface area contributed by atoms with Gasteiger partial charge in [0, 0.05) is 37.7 Å². The second-order valence-corrected chi connectivity index (χ2v) is 10.7. The Bertz CT molecular complexity index is 1020. The Morgan fingerprint density at radius 2 is 1.84 bits per heavy atom. The number of carbonyl (C=O) groups is 2. The van der Waals surface area contributed by atoms with Gasteiger partial charge in [-0.15, -0.1) is 10.2 Å². The van der Waals surface area contributed by atoms with E-state index in [0.717, 1.165) is 18.2 Å². The molecule has 0 bridgehead atoms. The van der Waals surface area contributed by atoms with E-state index < -0.39 is 5.60 Å². The minimum Gasteiger partial charge on any atom is -0.487 e. The Kier molecular flexibility index (Phi) is 5.65. The molecule has 1 saturated carbocycles.